The third-order valence-electron chi connectivity index (χ3n) is 8.42. The summed E-state index contributed by atoms with van der Waals surface area (Å²) in [5.74, 6) is -1.80. The molecule has 0 saturated heterocycles. The van der Waals surface area contributed by atoms with E-state index in [0.29, 0.717) is 12.8 Å². The summed E-state index contributed by atoms with van der Waals surface area (Å²) in [6.07, 6.45) is 28.3. The molecule has 0 amide bonds. The minimum Gasteiger partial charge on any atom is -0.544 e. The molecule has 0 aliphatic carbocycles. The van der Waals surface area contributed by atoms with Crippen molar-refractivity contribution in [1.82, 2.24) is 0 Å². The number of likely N-dealkylation sites (N-methyl/N-ethyl adjacent to an activating group) is 1. The normalized spacial score (nSPS) is 13.2. The van der Waals surface area contributed by atoms with Crippen molar-refractivity contribution in [3.8, 4) is 0 Å². The molecule has 0 aromatic carbocycles. The van der Waals surface area contributed by atoms with Crippen molar-refractivity contribution >= 4 is 17.9 Å². The van der Waals surface area contributed by atoms with Gasteiger partial charge >= 0.3 is 11.9 Å². The highest BCUT2D eigenvalue weighted by molar-refractivity contribution is 5.70. The zero-order valence-corrected chi connectivity index (χ0v) is 30.5. The van der Waals surface area contributed by atoms with Crippen molar-refractivity contribution in [3.63, 3.8) is 0 Å². The van der Waals surface area contributed by atoms with Gasteiger partial charge in [0.15, 0.2) is 6.10 Å². The molecule has 8 nitrogen and oxygen atoms in total. The summed E-state index contributed by atoms with van der Waals surface area (Å²) in [5.41, 5.74) is 0. The molecule has 0 rings (SSSR count). The molecular formula is C38H71NO7. The maximum atomic E-state index is 12.6. The number of carboxylic acids is 1. The molecule has 0 saturated carbocycles. The fourth-order valence-electron chi connectivity index (χ4n) is 5.44. The highest BCUT2D eigenvalue weighted by Crippen LogP contribution is 2.14. The maximum absolute atomic E-state index is 12.6. The molecule has 0 aromatic heterocycles. The Bertz CT molecular complexity index is 778. The summed E-state index contributed by atoms with van der Waals surface area (Å²) in [6.45, 7) is 4.55. The van der Waals surface area contributed by atoms with Gasteiger partial charge in [0, 0.05) is 19.3 Å². The van der Waals surface area contributed by atoms with Crippen LogP contribution in [0.5, 0.6) is 0 Å². The summed E-state index contributed by atoms with van der Waals surface area (Å²) in [7, 11) is 5.38. The predicted molar refractivity (Wildman–Crippen MR) is 185 cm³/mol. The number of aliphatic carboxylic acids is 1. The molecule has 0 N–H and O–H groups in total. The topological polar surface area (TPSA) is 102 Å². The van der Waals surface area contributed by atoms with Crippen molar-refractivity contribution in [3.05, 3.63) is 12.2 Å². The number of hydrogen-bond donors (Lipinski definition) is 0. The Labute approximate surface area is 282 Å². The third-order valence-corrected chi connectivity index (χ3v) is 8.42. The second kappa shape index (κ2) is 30.4. The first-order valence-electron chi connectivity index (χ1n) is 18.7. The third kappa shape index (κ3) is 28.3. The molecule has 2 unspecified atom stereocenters. The smallest absolute Gasteiger partial charge is 0.306 e. The Morgan fingerprint density at radius 2 is 1.13 bits per heavy atom. The fraction of sp³-hybridized carbons (Fsp3) is 0.868. The molecule has 270 valence electrons. The van der Waals surface area contributed by atoms with Crippen LogP contribution < -0.4 is 5.11 Å². The van der Waals surface area contributed by atoms with Crippen molar-refractivity contribution in [1.29, 1.82) is 0 Å². The SMILES string of the molecule is CCCCC/C=C/CCC(=O)OCC(COCCC(C(=O)[O-])[N+](C)(C)C)OC(=O)CCCCCCCCCCCCCCCCC. The van der Waals surface area contributed by atoms with E-state index in [2.05, 4.69) is 19.9 Å². The van der Waals surface area contributed by atoms with Crippen LogP contribution in [0, 0.1) is 0 Å². The quantitative estimate of drug-likeness (QED) is 0.0308. The van der Waals surface area contributed by atoms with Crippen LogP contribution in [0.15, 0.2) is 12.2 Å². The van der Waals surface area contributed by atoms with Crippen LogP contribution in [-0.4, -0.2) is 75.5 Å². The molecule has 0 fully saturated rings. The van der Waals surface area contributed by atoms with Gasteiger partial charge < -0.3 is 28.6 Å². The number of carbonyl (C=O) groups excluding carboxylic acids is 3. The number of quaternary nitrogens is 1. The van der Waals surface area contributed by atoms with Crippen molar-refractivity contribution in [2.45, 2.75) is 174 Å². The highest BCUT2D eigenvalue weighted by atomic mass is 16.6. The molecule has 0 heterocycles. The molecule has 8 heteroatoms. The Morgan fingerprint density at radius 3 is 1.65 bits per heavy atom. The number of carboxylic acid groups (broad SMARTS) is 1. The molecule has 0 radical (unpaired) electrons. The number of carbonyl (C=O) groups is 3. The molecule has 0 aliphatic rings. The van der Waals surface area contributed by atoms with E-state index in [1.54, 1.807) is 21.1 Å². The van der Waals surface area contributed by atoms with Gasteiger partial charge in [-0.2, -0.15) is 0 Å². The first-order chi connectivity index (χ1) is 22.1. The van der Waals surface area contributed by atoms with E-state index >= 15 is 0 Å². The monoisotopic (exact) mass is 654 g/mol. The van der Waals surface area contributed by atoms with Crippen LogP contribution in [-0.2, 0) is 28.6 Å². The number of allylic oxidation sites excluding steroid dienone is 2. The summed E-state index contributed by atoms with van der Waals surface area (Å²) < 4.78 is 17.0. The van der Waals surface area contributed by atoms with Gasteiger partial charge in [-0.1, -0.05) is 129 Å². The van der Waals surface area contributed by atoms with E-state index < -0.39 is 18.1 Å². The van der Waals surface area contributed by atoms with Gasteiger partial charge in [-0.3, -0.25) is 9.59 Å². The van der Waals surface area contributed by atoms with Gasteiger partial charge in [0.1, 0.15) is 12.6 Å². The molecule has 0 aliphatic heterocycles. The first kappa shape index (κ1) is 44.1. The zero-order chi connectivity index (χ0) is 34.3. The van der Waals surface area contributed by atoms with Crippen molar-refractivity contribution < 1.29 is 38.2 Å². The van der Waals surface area contributed by atoms with Gasteiger partial charge in [-0.15, -0.1) is 0 Å². The fourth-order valence-corrected chi connectivity index (χ4v) is 5.44. The number of rotatable bonds is 33. The van der Waals surface area contributed by atoms with Crippen molar-refractivity contribution in [2.75, 3.05) is 41.0 Å². The first-order valence-corrected chi connectivity index (χ1v) is 18.7. The Kier molecular flexibility index (Phi) is 29.1. The van der Waals surface area contributed by atoms with Gasteiger partial charge in [0.2, 0.25) is 0 Å². The Hall–Kier alpha value is -1.93. The largest absolute Gasteiger partial charge is 0.544 e. The standard InChI is InChI=1S/C38H71NO7/c1-6-8-10-12-14-15-16-17-18-19-20-21-23-25-27-29-37(41)46-34(32-44-31-30-35(38(42)43)39(3,4)5)33-45-36(40)28-26-24-22-13-11-9-7-2/h22,24,34-35H,6-21,23,25-33H2,1-5H3/b24-22+. The van der Waals surface area contributed by atoms with Gasteiger partial charge in [0.25, 0.3) is 0 Å². The summed E-state index contributed by atoms with van der Waals surface area (Å²) in [6, 6.07) is -0.723. The molecule has 0 spiro atoms. The molecule has 46 heavy (non-hydrogen) atoms. The lowest BCUT2D eigenvalue weighted by atomic mass is 10.0. The second-order valence-electron chi connectivity index (χ2n) is 13.8. The van der Waals surface area contributed by atoms with Gasteiger partial charge in [-0.25, -0.2) is 0 Å². The number of esters is 2. The molecule has 2 atom stereocenters. The van der Waals surface area contributed by atoms with Crippen molar-refractivity contribution in [2.24, 2.45) is 0 Å². The number of ether oxygens (including phenoxy) is 3. The van der Waals surface area contributed by atoms with E-state index in [4.69, 9.17) is 14.2 Å². The summed E-state index contributed by atoms with van der Waals surface area (Å²) in [5, 5.41) is 11.5. The Morgan fingerprint density at radius 1 is 0.630 bits per heavy atom. The minimum atomic E-state index is -1.13. The molecule has 0 aromatic rings. The zero-order valence-electron chi connectivity index (χ0n) is 30.5. The highest BCUT2D eigenvalue weighted by Gasteiger charge is 2.25. The van der Waals surface area contributed by atoms with Crippen LogP contribution in [0.2, 0.25) is 0 Å². The summed E-state index contributed by atoms with van der Waals surface area (Å²) >= 11 is 0. The summed E-state index contributed by atoms with van der Waals surface area (Å²) in [4.78, 5) is 36.4. The van der Waals surface area contributed by atoms with Crippen LogP contribution in [0.4, 0.5) is 0 Å². The number of hydrogen-bond acceptors (Lipinski definition) is 7. The lowest BCUT2D eigenvalue weighted by Crippen LogP contribution is -2.55. The van der Waals surface area contributed by atoms with Gasteiger partial charge in [0.05, 0.1) is 40.3 Å². The predicted octanol–water partition coefficient (Wildman–Crippen LogP) is 7.85. The van der Waals surface area contributed by atoms with Crippen LogP contribution in [0.1, 0.15) is 162 Å². The second-order valence-corrected chi connectivity index (χ2v) is 13.8. The van der Waals surface area contributed by atoms with Crippen LogP contribution >= 0.6 is 0 Å². The number of nitrogens with zero attached hydrogens (tertiary/aromatic N) is 1. The minimum absolute atomic E-state index is 0.0338. The van der Waals surface area contributed by atoms with E-state index in [1.165, 1.54) is 89.9 Å². The van der Waals surface area contributed by atoms with E-state index in [9.17, 15) is 19.5 Å². The van der Waals surface area contributed by atoms with E-state index in [-0.39, 0.29) is 49.1 Å². The van der Waals surface area contributed by atoms with Crippen LogP contribution in [0.3, 0.4) is 0 Å². The average molecular weight is 654 g/mol. The van der Waals surface area contributed by atoms with Gasteiger partial charge in [-0.05, 0) is 25.7 Å². The van der Waals surface area contributed by atoms with E-state index in [1.807, 2.05) is 6.08 Å². The molecular weight excluding hydrogens is 582 g/mol. The van der Waals surface area contributed by atoms with E-state index in [0.717, 1.165) is 32.1 Å². The maximum Gasteiger partial charge on any atom is 0.306 e. The average Bonchev–Trinajstić information content (AvgIpc) is 3.00. The number of unbranched alkanes of at least 4 members (excludes halogenated alkanes) is 17. The van der Waals surface area contributed by atoms with Crippen LogP contribution in [0.25, 0.3) is 0 Å². The lowest BCUT2D eigenvalue weighted by molar-refractivity contribution is -0.889. The lowest BCUT2D eigenvalue weighted by Gasteiger charge is -2.34. The molecule has 0 bridgehead atoms. The Balaban J connectivity index is 4.37.